The van der Waals surface area contributed by atoms with Crippen molar-refractivity contribution in [1.29, 1.82) is 0 Å². The van der Waals surface area contributed by atoms with Gasteiger partial charge in [0.15, 0.2) is 0 Å². The van der Waals surface area contributed by atoms with E-state index in [1.54, 1.807) is 6.20 Å². The fourth-order valence-corrected chi connectivity index (χ4v) is 3.44. The average molecular weight is 251 g/mol. The zero-order valence-electron chi connectivity index (χ0n) is 11.1. The van der Waals surface area contributed by atoms with Crippen LogP contribution in [0.15, 0.2) is 36.5 Å². The van der Waals surface area contributed by atoms with Crippen LogP contribution >= 0.6 is 0 Å². The van der Waals surface area contributed by atoms with Crippen LogP contribution in [0.5, 0.6) is 0 Å². The lowest BCUT2D eigenvalue weighted by Gasteiger charge is -2.30. The molecule has 3 heteroatoms. The Hall–Kier alpha value is -1.74. The maximum absolute atomic E-state index is 4.14. The van der Waals surface area contributed by atoms with Crippen molar-refractivity contribution in [3.05, 3.63) is 42.1 Å². The van der Waals surface area contributed by atoms with Crippen molar-refractivity contribution in [2.24, 2.45) is 0 Å². The molecule has 96 valence electrons. The summed E-state index contributed by atoms with van der Waals surface area (Å²) in [6.45, 7) is 0. The Kier molecular flexibility index (Phi) is 2.42. The molecule has 3 heterocycles. The molecule has 0 radical (unpaired) electrons. The molecular weight excluding hydrogens is 234 g/mol. The van der Waals surface area contributed by atoms with Gasteiger partial charge in [0.25, 0.3) is 0 Å². The smallest absolute Gasteiger partial charge is 0.0930 e. The minimum Gasteiger partial charge on any atom is -0.297 e. The van der Waals surface area contributed by atoms with Crippen molar-refractivity contribution >= 4 is 16.5 Å². The molecule has 1 aromatic heterocycles. The number of benzene rings is 1. The lowest BCUT2D eigenvalue weighted by molar-refractivity contribution is 0.264. The molecule has 0 spiro atoms. The van der Waals surface area contributed by atoms with E-state index in [9.17, 15) is 0 Å². The fraction of sp³-hybridized carbons (Fsp3) is 0.375. The van der Waals surface area contributed by atoms with Gasteiger partial charge in [-0.2, -0.15) is 10.2 Å². The van der Waals surface area contributed by atoms with Crippen molar-refractivity contribution < 1.29 is 0 Å². The SMILES string of the molecule is CN1C2C=C(c3ccc4nnccc4c3)CC1CC2. The number of nitrogens with zero attached hydrogens (tertiary/aromatic N) is 3. The minimum atomic E-state index is 0.639. The summed E-state index contributed by atoms with van der Waals surface area (Å²) in [5.74, 6) is 0. The highest BCUT2D eigenvalue weighted by molar-refractivity contribution is 5.83. The maximum atomic E-state index is 4.14. The second-order valence-electron chi connectivity index (χ2n) is 5.66. The van der Waals surface area contributed by atoms with Gasteiger partial charge in [-0.1, -0.05) is 12.1 Å². The minimum absolute atomic E-state index is 0.639. The summed E-state index contributed by atoms with van der Waals surface area (Å²) in [7, 11) is 2.26. The molecule has 1 saturated heterocycles. The summed E-state index contributed by atoms with van der Waals surface area (Å²) in [6.07, 6.45) is 8.04. The summed E-state index contributed by atoms with van der Waals surface area (Å²) >= 11 is 0. The van der Waals surface area contributed by atoms with Gasteiger partial charge in [-0.05, 0) is 55.6 Å². The first-order chi connectivity index (χ1) is 9.31. The molecule has 2 unspecified atom stereocenters. The molecule has 0 amide bonds. The first-order valence-corrected chi connectivity index (χ1v) is 6.96. The standard InChI is InChI=1S/C16H17N3/c1-19-14-3-4-15(19)10-13(9-14)11-2-5-16-12(8-11)6-7-17-18-16/h2,5-9,14-15H,3-4,10H2,1H3. The first-order valence-electron chi connectivity index (χ1n) is 6.96. The highest BCUT2D eigenvalue weighted by atomic mass is 15.2. The third kappa shape index (κ3) is 1.77. The lowest BCUT2D eigenvalue weighted by Crippen LogP contribution is -2.34. The highest BCUT2D eigenvalue weighted by Crippen LogP contribution is 2.37. The Morgan fingerprint density at radius 2 is 2.16 bits per heavy atom. The van der Waals surface area contributed by atoms with Crippen molar-refractivity contribution in [3.63, 3.8) is 0 Å². The average Bonchev–Trinajstić information content (AvgIpc) is 2.68. The van der Waals surface area contributed by atoms with Gasteiger partial charge < -0.3 is 0 Å². The van der Waals surface area contributed by atoms with E-state index in [-0.39, 0.29) is 0 Å². The molecule has 2 bridgehead atoms. The van der Waals surface area contributed by atoms with Crippen LogP contribution in [0.2, 0.25) is 0 Å². The van der Waals surface area contributed by atoms with Crippen molar-refractivity contribution in [2.45, 2.75) is 31.3 Å². The molecule has 0 aliphatic carbocycles. The number of aromatic nitrogens is 2. The van der Waals surface area contributed by atoms with Crippen LogP contribution in [0.1, 0.15) is 24.8 Å². The summed E-state index contributed by atoms with van der Waals surface area (Å²) in [6, 6.07) is 9.93. The normalized spacial score (nSPS) is 26.7. The quantitative estimate of drug-likeness (QED) is 0.780. The van der Waals surface area contributed by atoms with Crippen LogP contribution in [0.4, 0.5) is 0 Å². The molecule has 2 atom stereocenters. The third-order valence-corrected chi connectivity index (χ3v) is 4.63. The molecule has 1 aromatic carbocycles. The van der Waals surface area contributed by atoms with Crippen LogP contribution in [0.3, 0.4) is 0 Å². The molecule has 4 rings (SSSR count). The van der Waals surface area contributed by atoms with Gasteiger partial charge in [0.1, 0.15) is 0 Å². The third-order valence-electron chi connectivity index (χ3n) is 4.63. The predicted octanol–water partition coefficient (Wildman–Crippen LogP) is 2.88. The molecule has 3 nitrogen and oxygen atoms in total. The van der Waals surface area contributed by atoms with E-state index in [1.807, 2.05) is 6.07 Å². The van der Waals surface area contributed by atoms with E-state index in [2.05, 4.69) is 46.4 Å². The Balaban J connectivity index is 1.77. The van der Waals surface area contributed by atoms with Crippen LogP contribution in [0.25, 0.3) is 16.5 Å². The van der Waals surface area contributed by atoms with Crippen LogP contribution < -0.4 is 0 Å². The fourth-order valence-electron chi connectivity index (χ4n) is 3.44. The molecule has 2 aliphatic rings. The summed E-state index contributed by atoms with van der Waals surface area (Å²) in [4.78, 5) is 2.52. The monoisotopic (exact) mass is 251 g/mol. The largest absolute Gasteiger partial charge is 0.297 e. The Morgan fingerprint density at radius 1 is 1.21 bits per heavy atom. The number of hydrogen-bond acceptors (Lipinski definition) is 3. The van der Waals surface area contributed by atoms with Crippen LogP contribution in [-0.4, -0.2) is 34.2 Å². The summed E-state index contributed by atoms with van der Waals surface area (Å²) in [5, 5.41) is 9.25. The van der Waals surface area contributed by atoms with E-state index in [1.165, 1.54) is 35.8 Å². The van der Waals surface area contributed by atoms with Gasteiger partial charge in [0.2, 0.25) is 0 Å². The lowest BCUT2D eigenvalue weighted by atomic mass is 9.94. The molecule has 2 aliphatic heterocycles. The highest BCUT2D eigenvalue weighted by Gasteiger charge is 2.33. The van der Waals surface area contributed by atoms with Gasteiger partial charge >= 0.3 is 0 Å². The molecular formula is C16H17N3. The molecule has 2 aromatic rings. The predicted molar refractivity (Wildman–Crippen MR) is 76.7 cm³/mol. The first kappa shape index (κ1) is 11.1. The molecule has 0 saturated carbocycles. The number of fused-ring (bicyclic) bond motifs is 3. The van der Waals surface area contributed by atoms with E-state index in [0.717, 1.165) is 11.6 Å². The molecule has 0 N–H and O–H groups in total. The van der Waals surface area contributed by atoms with Crippen molar-refractivity contribution in [2.75, 3.05) is 7.05 Å². The second kappa shape index (κ2) is 4.14. The van der Waals surface area contributed by atoms with E-state index in [4.69, 9.17) is 0 Å². The van der Waals surface area contributed by atoms with Crippen molar-refractivity contribution in [3.8, 4) is 0 Å². The van der Waals surface area contributed by atoms with Crippen LogP contribution in [-0.2, 0) is 0 Å². The summed E-state index contributed by atoms with van der Waals surface area (Å²) < 4.78 is 0. The van der Waals surface area contributed by atoms with Crippen LogP contribution in [0, 0.1) is 0 Å². The van der Waals surface area contributed by atoms with E-state index < -0.39 is 0 Å². The summed E-state index contributed by atoms with van der Waals surface area (Å²) in [5.41, 5.74) is 3.83. The number of hydrogen-bond donors (Lipinski definition) is 0. The van der Waals surface area contributed by atoms with Gasteiger partial charge in [-0.15, -0.1) is 0 Å². The van der Waals surface area contributed by atoms with Gasteiger partial charge in [0, 0.05) is 17.5 Å². The zero-order valence-corrected chi connectivity index (χ0v) is 11.1. The topological polar surface area (TPSA) is 29.0 Å². The van der Waals surface area contributed by atoms with E-state index in [0.29, 0.717) is 6.04 Å². The maximum Gasteiger partial charge on any atom is 0.0930 e. The second-order valence-corrected chi connectivity index (χ2v) is 5.66. The Bertz CT molecular complexity index is 662. The van der Waals surface area contributed by atoms with Crippen molar-refractivity contribution in [1.82, 2.24) is 15.1 Å². The van der Waals surface area contributed by atoms with Gasteiger partial charge in [-0.3, -0.25) is 4.90 Å². The van der Waals surface area contributed by atoms with Gasteiger partial charge in [0.05, 0.1) is 11.7 Å². The van der Waals surface area contributed by atoms with Gasteiger partial charge in [-0.25, -0.2) is 0 Å². The molecule has 1 fully saturated rings. The number of rotatable bonds is 1. The Morgan fingerprint density at radius 3 is 3.05 bits per heavy atom. The molecule has 19 heavy (non-hydrogen) atoms. The zero-order chi connectivity index (χ0) is 12.8. The number of likely N-dealkylation sites (N-methyl/N-ethyl adjacent to an activating group) is 1. The van der Waals surface area contributed by atoms with E-state index >= 15 is 0 Å². The Labute approximate surface area is 112 Å².